The van der Waals surface area contributed by atoms with Crippen LogP contribution in [0.1, 0.15) is 22.8 Å². The molecule has 0 radical (unpaired) electrons. The van der Waals surface area contributed by atoms with Crippen LogP contribution in [-0.2, 0) is 6.54 Å². The molecule has 106 valence electrons. The first-order valence-corrected chi connectivity index (χ1v) is 7.12. The van der Waals surface area contributed by atoms with Crippen LogP contribution in [0.4, 0.5) is 0 Å². The van der Waals surface area contributed by atoms with E-state index in [1.165, 1.54) is 0 Å². The number of aliphatic hydroxyl groups excluding tert-OH is 1. The minimum absolute atomic E-state index is 0.0881. The fourth-order valence-corrected chi connectivity index (χ4v) is 2.54. The van der Waals surface area contributed by atoms with E-state index in [2.05, 4.69) is 10.5 Å². The van der Waals surface area contributed by atoms with Gasteiger partial charge in [0.2, 0.25) is 0 Å². The van der Waals surface area contributed by atoms with Gasteiger partial charge in [-0.25, -0.2) is 0 Å². The predicted molar refractivity (Wildman–Crippen MR) is 79.9 cm³/mol. The average molecular weight is 291 g/mol. The van der Waals surface area contributed by atoms with Gasteiger partial charge in [-0.15, -0.1) is 0 Å². The van der Waals surface area contributed by atoms with Crippen molar-refractivity contribution in [1.29, 1.82) is 0 Å². The van der Waals surface area contributed by atoms with Gasteiger partial charge in [-0.05, 0) is 34.0 Å². The molecule has 2 aromatic rings. The Morgan fingerprint density at radius 1 is 1.40 bits per heavy atom. The second-order valence-corrected chi connectivity index (χ2v) is 5.17. The maximum Gasteiger partial charge on any atom is 0.170 e. The topological polar surface area (TPSA) is 90.9 Å². The van der Waals surface area contributed by atoms with Crippen LogP contribution in [0.3, 0.4) is 0 Å². The lowest BCUT2D eigenvalue weighted by Crippen LogP contribution is -2.21. The van der Waals surface area contributed by atoms with Crippen molar-refractivity contribution >= 4 is 17.2 Å². The molecule has 0 bridgehead atoms. The molecule has 0 aliphatic rings. The summed E-state index contributed by atoms with van der Waals surface area (Å²) in [4.78, 5) is 0. The van der Waals surface area contributed by atoms with E-state index >= 15 is 0 Å². The maximum absolute atomic E-state index is 9.94. The first-order chi connectivity index (χ1) is 9.70. The minimum atomic E-state index is -0.506. The molecule has 5 N–H and O–H groups in total. The number of nitrogens with two attached hydrogens (primary N) is 1. The highest BCUT2D eigenvalue weighted by Gasteiger charge is 2.07. The third-order valence-corrected chi connectivity index (χ3v) is 3.63. The largest absolute Gasteiger partial charge is 0.409 e. The molecule has 1 heterocycles. The van der Waals surface area contributed by atoms with Crippen molar-refractivity contribution in [3.8, 4) is 0 Å². The number of nitrogens with one attached hydrogen (secondary N) is 1. The summed E-state index contributed by atoms with van der Waals surface area (Å²) in [7, 11) is 0. The lowest BCUT2D eigenvalue weighted by Gasteiger charge is -2.11. The highest BCUT2D eigenvalue weighted by molar-refractivity contribution is 7.07. The average Bonchev–Trinajstić information content (AvgIpc) is 3.01. The molecule has 1 aromatic carbocycles. The first-order valence-electron chi connectivity index (χ1n) is 6.18. The molecular weight excluding hydrogens is 274 g/mol. The van der Waals surface area contributed by atoms with Crippen molar-refractivity contribution in [2.24, 2.45) is 10.9 Å². The fraction of sp³-hybridized carbons (Fsp3) is 0.214. The zero-order valence-electron chi connectivity index (χ0n) is 10.9. The SMILES string of the molecule is N/C(=N/O)c1cccc(CNCC(O)c2ccsc2)c1. The number of thiophene rings is 1. The van der Waals surface area contributed by atoms with E-state index in [0.717, 1.165) is 11.1 Å². The minimum Gasteiger partial charge on any atom is -0.409 e. The normalized spacial score (nSPS) is 13.3. The van der Waals surface area contributed by atoms with Crippen LogP contribution in [0.5, 0.6) is 0 Å². The van der Waals surface area contributed by atoms with E-state index in [-0.39, 0.29) is 5.84 Å². The maximum atomic E-state index is 9.94. The summed E-state index contributed by atoms with van der Waals surface area (Å²) in [6.45, 7) is 1.08. The summed E-state index contributed by atoms with van der Waals surface area (Å²) in [6, 6.07) is 9.33. The third kappa shape index (κ3) is 3.80. The van der Waals surface area contributed by atoms with Gasteiger partial charge < -0.3 is 21.4 Å². The molecule has 1 aromatic heterocycles. The highest BCUT2D eigenvalue weighted by atomic mass is 32.1. The number of oxime groups is 1. The van der Waals surface area contributed by atoms with Crippen molar-refractivity contribution in [2.45, 2.75) is 12.6 Å². The van der Waals surface area contributed by atoms with E-state index in [1.54, 1.807) is 17.4 Å². The lowest BCUT2D eigenvalue weighted by atomic mass is 10.1. The Bertz CT molecular complexity index is 570. The molecule has 0 spiro atoms. The number of hydrogen-bond donors (Lipinski definition) is 4. The highest BCUT2D eigenvalue weighted by Crippen LogP contribution is 2.15. The Morgan fingerprint density at radius 3 is 2.95 bits per heavy atom. The zero-order chi connectivity index (χ0) is 14.4. The molecule has 0 aliphatic heterocycles. The van der Waals surface area contributed by atoms with Crippen LogP contribution < -0.4 is 11.1 Å². The van der Waals surface area contributed by atoms with Crippen molar-refractivity contribution in [2.75, 3.05) is 6.54 Å². The van der Waals surface area contributed by atoms with Crippen molar-refractivity contribution < 1.29 is 10.3 Å². The fourth-order valence-electron chi connectivity index (χ4n) is 1.83. The van der Waals surface area contributed by atoms with E-state index in [0.29, 0.717) is 18.7 Å². The lowest BCUT2D eigenvalue weighted by molar-refractivity contribution is 0.175. The summed E-state index contributed by atoms with van der Waals surface area (Å²) in [5.74, 6) is 0.0881. The van der Waals surface area contributed by atoms with Gasteiger partial charge in [0.1, 0.15) is 0 Å². The standard InChI is InChI=1S/C14H17N3O2S/c15-14(17-19)11-3-1-2-10(6-11)7-16-8-13(18)12-4-5-20-9-12/h1-6,9,13,16,18-19H,7-8H2,(H2,15,17). The van der Waals surface area contributed by atoms with Gasteiger partial charge in [-0.2, -0.15) is 11.3 Å². The molecular formula is C14H17N3O2S. The van der Waals surface area contributed by atoms with E-state index < -0.39 is 6.10 Å². The van der Waals surface area contributed by atoms with Gasteiger partial charge in [0.15, 0.2) is 5.84 Å². The van der Waals surface area contributed by atoms with E-state index in [1.807, 2.05) is 35.0 Å². The zero-order valence-corrected chi connectivity index (χ0v) is 11.7. The van der Waals surface area contributed by atoms with Gasteiger partial charge in [-0.1, -0.05) is 23.4 Å². The first kappa shape index (κ1) is 14.5. The quantitative estimate of drug-likeness (QED) is 0.282. The molecule has 6 heteroatoms. The van der Waals surface area contributed by atoms with Crippen LogP contribution in [-0.4, -0.2) is 22.7 Å². The second kappa shape index (κ2) is 7.04. The van der Waals surface area contributed by atoms with Crippen molar-refractivity contribution in [3.05, 3.63) is 57.8 Å². The molecule has 0 saturated heterocycles. The number of rotatable bonds is 6. The molecule has 0 saturated carbocycles. The van der Waals surface area contributed by atoms with Gasteiger partial charge in [0.25, 0.3) is 0 Å². The second-order valence-electron chi connectivity index (χ2n) is 4.39. The summed E-state index contributed by atoms with van der Waals surface area (Å²) in [5.41, 5.74) is 8.15. The summed E-state index contributed by atoms with van der Waals surface area (Å²) < 4.78 is 0. The molecule has 1 atom stereocenters. The Labute approximate surface area is 121 Å². The molecule has 2 rings (SSSR count). The third-order valence-electron chi connectivity index (χ3n) is 2.93. The Hall–Kier alpha value is -1.89. The monoisotopic (exact) mass is 291 g/mol. The molecule has 0 aliphatic carbocycles. The van der Waals surface area contributed by atoms with Crippen LogP contribution in [0.15, 0.2) is 46.2 Å². The van der Waals surface area contributed by atoms with Gasteiger partial charge in [0.05, 0.1) is 6.10 Å². The molecule has 0 amide bonds. The van der Waals surface area contributed by atoms with E-state index in [4.69, 9.17) is 10.9 Å². The van der Waals surface area contributed by atoms with Crippen LogP contribution >= 0.6 is 11.3 Å². The van der Waals surface area contributed by atoms with Crippen LogP contribution in [0.2, 0.25) is 0 Å². The smallest absolute Gasteiger partial charge is 0.170 e. The van der Waals surface area contributed by atoms with Crippen molar-refractivity contribution in [3.63, 3.8) is 0 Å². The number of nitrogens with zero attached hydrogens (tertiary/aromatic N) is 1. The Morgan fingerprint density at radius 2 is 2.25 bits per heavy atom. The molecule has 5 nitrogen and oxygen atoms in total. The number of hydrogen-bond acceptors (Lipinski definition) is 5. The summed E-state index contributed by atoms with van der Waals surface area (Å²) in [5, 5.41) is 28.6. The van der Waals surface area contributed by atoms with Crippen molar-refractivity contribution in [1.82, 2.24) is 5.32 Å². The van der Waals surface area contributed by atoms with Gasteiger partial charge in [-0.3, -0.25) is 0 Å². The molecule has 1 unspecified atom stereocenters. The van der Waals surface area contributed by atoms with E-state index in [9.17, 15) is 5.11 Å². The number of benzene rings is 1. The predicted octanol–water partition coefficient (Wildman–Crippen LogP) is 1.67. The Balaban J connectivity index is 1.88. The number of aliphatic hydroxyl groups is 1. The number of amidine groups is 1. The summed E-state index contributed by atoms with van der Waals surface area (Å²) in [6.07, 6.45) is -0.506. The molecule has 20 heavy (non-hydrogen) atoms. The molecule has 0 fully saturated rings. The van der Waals surface area contributed by atoms with Gasteiger partial charge >= 0.3 is 0 Å². The van der Waals surface area contributed by atoms with Crippen LogP contribution in [0.25, 0.3) is 0 Å². The Kier molecular flexibility index (Phi) is 5.11. The van der Waals surface area contributed by atoms with Gasteiger partial charge in [0, 0.05) is 18.7 Å². The summed E-state index contributed by atoms with van der Waals surface area (Å²) >= 11 is 1.57. The van der Waals surface area contributed by atoms with Crippen LogP contribution in [0, 0.1) is 0 Å².